The molecule has 29 heavy (non-hydrogen) atoms. The lowest BCUT2D eigenvalue weighted by atomic mass is 9.92. The van der Waals surface area contributed by atoms with Crippen molar-refractivity contribution in [2.24, 2.45) is 10.7 Å². The Bertz CT molecular complexity index is 920. The molecule has 1 saturated carbocycles. The topological polar surface area (TPSA) is 122 Å². The molecule has 0 radical (unpaired) electrons. The number of guanidine groups is 1. The average Bonchev–Trinajstić information content (AvgIpc) is 3.10. The zero-order chi connectivity index (χ0) is 20.4. The van der Waals surface area contributed by atoms with E-state index in [2.05, 4.69) is 48.9 Å². The first-order valence-corrected chi connectivity index (χ1v) is 10.4. The highest BCUT2D eigenvalue weighted by atomic mass is 15.4. The fourth-order valence-corrected chi connectivity index (χ4v) is 4.47. The molecule has 1 atom stereocenters. The van der Waals surface area contributed by atoms with Crippen LogP contribution in [0, 0.1) is 18.4 Å². The standard InChI is InChI=1S/C20H29N9/c1-13-9-23-18-17(13)19(26-12-25-18)28-7-8-29(14(2)10-28)20(24-11-21)27-16-5-3-15(22)4-6-16/h9,12,14-16H,3-8,10,22H2,1-2H3,(H,24,27)(H,23,25,26)/t14-,15-,16-/m0/s1. The van der Waals surface area contributed by atoms with Crippen molar-refractivity contribution in [2.75, 3.05) is 24.5 Å². The lowest BCUT2D eigenvalue weighted by Gasteiger charge is -2.42. The summed E-state index contributed by atoms with van der Waals surface area (Å²) in [4.78, 5) is 20.7. The first-order chi connectivity index (χ1) is 14.1. The number of fused-ring (bicyclic) bond motifs is 1. The van der Waals surface area contributed by atoms with Crippen LogP contribution in [-0.4, -0.2) is 63.6 Å². The van der Waals surface area contributed by atoms with Gasteiger partial charge in [-0.05, 0) is 45.1 Å². The molecule has 0 amide bonds. The van der Waals surface area contributed by atoms with Crippen LogP contribution in [0.2, 0.25) is 0 Å². The summed E-state index contributed by atoms with van der Waals surface area (Å²) in [5, 5.41) is 13.8. The second-order valence-corrected chi connectivity index (χ2v) is 8.17. The van der Waals surface area contributed by atoms with E-state index < -0.39 is 0 Å². The van der Waals surface area contributed by atoms with E-state index >= 15 is 0 Å². The number of aryl methyl sites for hydroxylation is 1. The number of nitrogens with zero attached hydrogens (tertiary/aromatic N) is 6. The summed E-state index contributed by atoms with van der Waals surface area (Å²) in [7, 11) is 0. The molecule has 0 unspecified atom stereocenters. The number of aromatic amines is 1. The molecule has 1 saturated heterocycles. The Morgan fingerprint density at radius 2 is 2.10 bits per heavy atom. The van der Waals surface area contributed by atoms with E-state index in [1.807, 2.05) is 12.4 Å². The molecule has 4 N–H and O–H groups in total. The molecular formula is C20H29N9. The van der Waals surface area contributed by atoms with Crippen molar-refractivity contribution in [3.8, 4) is 6.19 Å². The quantitative estimate of drug-likeness (QED) is 0.400. The van der Waals surface area contributed by atoms with Crippen molar-refractivity contribution >= 4 is 22.8 Å². The van der Waals surface area contributed by atoms with Gasteiger partial charge in [-0.25, -0.2) is 9.97 Å². The molecule has 2 aromatic rings. The van der Waals surface area contributed by atoms with Gasteiger partial charge in [-0.2, -0.15) is 5.26 Å². The first-order valence-electron chi connectivity index (χ1n) is 10.4. The van der Waals surface area contributed by atoms with Crippen molar-refractivity contribution in [2.45, 2.75) is 57.7 Å². The van der Waals surface area contributed by atoms with E-state index in [1.54, 1.807) is 6.33 Å². The minimum Gasteiger partial charge on any atom is -0.353 e. The molecule has 2 fully saturated rings. The SMILES string of the molecule is Cc1c[nH]c2ncnc(N3CCN(/C(=N\C#N)N[C@H]4CC[C@H](N)CC4)[C@@H](C)C3)c12. The van der Waals surface area contributed by atoms with Crippen molar-refractivity contribution in [3.63, 3.8) is 0 Å². The summed E-state index contributed by atoms with van der Waals surface area (Å²) in [6.07, 6.45) is 9.63. The zero-order valence-corrected chi connectivity index (χ0v) is 17.1. The number of nitrogens with one attached hydrogen (secondary N) is 2. The lowest BCUT2D eigenvalue weighted by molar-refractivity contribution is 0.277. The second kappa shape index (κ2) is 8.25. The molecule has 1 aliphatic heterocycles. The minimum atomic E-state index is 0.193. The maximum absolute atomic E-state index is 9.23. The third-order valence-electron chi connectivity index (χ3n) is 6.11. The Hall–Kier alpha value is -2.86. The van der Waals surface area contributed by atoms with Crippen LogP contribution in [0.5, 0.6) is 0 Å². The number of anilines is 1. The number of nitriles is 1. The molecular weight excluding hydrogens is 366 g/mol. The number of aromatic nitrogens is 3. The highest BCUT2D eigenvalue weighted by molar-refractivity contribution is 5.90. The van der Waals surface area contributed by atoms with Gasteiger partial charge in [0.2, 0.25) is 12.2 Å². The third-order valence-corrected chi connectivity index (χ3v) is 6.11. The van der Waals surface area contributed by atoms with Gasteiger partial charge in [0.1, 0.15) is 17.8 Å². The Labute approximate surface area is 171 Å². The molecule has 1 aliphatic carbocycles. The van der Waals surface area contributed by atoms with Crippen molar-refractivity contribution < 1.29 is 0 Å². The molecule has 154 valence electrons. The van der Waals surface area contributed by atoms with Crippen molar-refractivity contribution in [1.82, 2.24) is 25.2 Å². The van der Waals surface area contributed by atoms with Crippen molar-refractivity contribution in [3.05, 3.63) is 18.1 Å². The van der Waals surface area contributed by atoms with Crippen LogP contribution in [0.1, 0.15) is 38.2 Å². The van der Waals surface area contributed by atoms with Gasteiger partial charge in [0.15, 0.2) is 0 Å². The average molecular weight is 396 g/mol. The van der Waals surface area contributed by atoms with Gasteiger partial charge in [0.05, 0.1) is 5.39 Å². The van der Waals surface area contributed by atoms with Gasteiger partial charge in [-0.1, -0.05) is 0 Å². The minimum absolute atomic E-state index is 0.193. The molecule has 2 aromatic heterocycles. The van der Waals surface area contributed by atoms with Crippen LogP contribution >= 0.6 is 0 Å². The Morgan fingerprint density at radius 3 is 2.83 bits per heavy atom. The van der Waals surface area contributed by atoms with E-state index in [0.717, 1.165) is 67.7 Å². The zero-order valence-electron chi connectivity index (χ0n) is 17.1. The third kappa shape index (κ3) is 3.98. The number of H-pyrrole nitrogens is 1. The van der Waals surface area contributed by atoms with Crippen LogP contribution in [0.3, 0.4) is 0 Å². The van der Waals surface area contributed by atoms with Gasteiger partial charge < -0.3 is 25.8 Å². The van der Waals surface area contributed by atoms with E-state index in [9.17, 15) is 5.26 Å². The first kappa shape index (κ1) is 19.5. The summed E-state index contributed by atoms with van der Waals surface area (Å²) in [5.74, 6) is 1.65. The highest BCUT2D eigenvalue weighted by Gasteiger charge is 2.30. The predicted octanol–water partition coefficient (Wildman–Crippen LogP) is 1.47. The van der Waals surface area contributed by atoms with Gasteiger partial charge in [-0.15, -0.1) is 4.99 Å². The molecule has 9 heteroatoms. The van der Waals surface area contributed by atoms with Gasteiger partial charge >= 0.3 is 0 Å². The number of piperazine rings is 1. The van der Waals surface area contributed by atoms with E-state index in [1.165, 1.54) is 0 Å². The molecule has 0 bridgehead atoms. The van der Waals surface area contributed by atoms with Crippen LogP contribution < -0.4 is 16.0 Å². The normalized spacial score (nSPS) is 25.9. The van der Waals surface area contributed by atoms with Gasteiger partial charge in [-0.3, -0.25) is 0 Å². The second-order valence-electron chi connectivity index (χ2n) is 8.17. The molecule has 9 nitrogen and oxygen atoms in total. The summed E-state index contributed by atoms with van der Waals surface area (Å²) in [5.41, 5.74) is 8.04. The van der Waals surface area contributed by atoms with E-state index in [-0.39, 0.29) is 6.04 Å². The number of nitrogens with two attached hydrogens (primary N) is 1. The Morgan fingerprint density at radius 1 is 1.31 bits per heavy atom. The summed E-state index contributed by atoms with van der Waals surface area (Å²) in [6.45, 7) is 6.62. The number of hydrogen-bond donors (Lipinski definition) is 3. The summed E-state index contributed by atoms with van der Waals surface area (Å²) >= 11 is 0. The van der Waals surface area contributed by atoms with E-state index in [0.29, 0.717) is 18.0 Å². The van der Waals surface area contributed by atoms with E-state index in [4.69, 9.17) is 5.73 Å². The monoisotopic (exact) mass is 395 g/mol. The smallest absolute Gasteiger partial charge is 0.210 e. The molecule has 3 heterocycles. The van der Waals surface area contributed by atoms with Crippen molar-refractivity contribution in [1.29, 1.82) is 5.26 Å². The van der Waals surface area contributed by atoms with Gasteiger partial charge in [0, 0.05) is 44.0 Å². The lowest BCUT2D eigenvalue weighted by Crippen LogP contribution is -2.59. The number of hydrogen-bond acceptors (Lipinski definition) is 6. The van der Waals surface area contributed by atoms with Crippen LogP contribution in [0.15, 0.2) is 17.5 Å². The predicted molar refractivity (Wildman–Crippen MR) is 113 cm³/mol. The largest absolute Gasteiger partial charge is 0.353 e. The highest BCUT2D eigenvalue weighted by Crippen LogP contribution is 2.27. The molecule has 2 aliphatic rings. The summed E-state index contributed by atoms with van der Waals surface area (Å²) in [6, 6.07) is 0.822. The molecule has 0 aromatic carbocycles. The molecule has 0 spiro atoms. The maximum Gasteiger partial charge on any atom is 0.210 e. The molecule has 4 rings (SSSR count). The number of rotatable bonds is 2. The maximum atomic E-state index is 9.23. The number of aliphatic imine (C=N–C) groups is 1. The van der Waals surface area contributed by atoms with Crippen LogP contribution in [0.4, 0.5) is 5.82 Å². The Balaban J connectivity index is 1.48. The van der Waals surface area contributed by atoms with Crippen LogP contribution in [-0.2, 0) is 0 Å². The fourth-order valence-electron chi connectivity index (χ4n) is 4.47. The fraction of sp³-hybridized carbons (Fsp3) is 0.600. The van der Waals surface area contributed by atoms with Gasteiger partial charge in [0.25, 0.3) is 0 Å². The Kier molecular flexibility index (Phi) is 5.53. The summed E-state index contributed by atoms with van der Waals surface area (Å²) < 4.78 is 0. The van der Waals surface area contributed by atoms with Crippen LogP contribution in [0.25, 0.3) is 11.0 Å².